The van der Waals surface area contributed by atoms with E-state index in [1.165, 1.54) is 0 Å². The Morgan fingerprint density at radius 3 is 2.71 bits per heavy atom. The monoisotopic (exact) mass is 299 g/mol. The van der Waals surface area contributed by atoms with Crippen LogP contribution in [0.4, 0.5) is 5.69 Å². The van der Waals surface area contributed by atoms with Crippen LogP contribution < -0.4 is 5.32 Å². The van der Waals surface area contributed by atoms with Crippen LogP contribution in [0.2, 0.25) is 5.02 Å². The summed E-state index contributed by atoms with van der Waals surface area (Å²) in [5, 5.41) is 7.94. The quantitative estimate of drug-likeness (QED) is 0.772. The van der Waals surface area contributed by atoms with Gasteiger partial charge in [0.25, 0.3) is 0 Å². The molecule has 21 heavy (non-hydrogen) atoms. The molecule has 2 aromatic carbocycles. The largest absolute Gasteiger partial charge is 0.385 e. The molecule has 5 heteroatoms. The second kappa shape index (κ2) is 6.41. The lowest BCUT2D eigenvalue weighted by Crippen LogP contribution is -2.04. The van der Waals surface area contributed by atoms with Gasteiger partial charge in [0.2, 0.25) is 11.7 Å². The van der Waals surface area contributed by atoms with E-state index in [1.54, 1.807) is 0 Å². The summed E-state index contributed by atoms with van der Waals surface area (Å²) in [4.78, 5) is 4.38. The van der Waals surface area contributed by atoms with Gasteiger partial charge in [0, 0.05) is 29.2 Å². The van der Waals surface area contributed by atoms with E-state index in [9.17, 15) is 0 Å². The minimum atomic E-state index is 0.562. The molecule has 1 aromatic heterocycles. The van der Waals surface area contributed by atoms with Crippen molar-refractivity contribution in [1.82, 2.24) is 10.1 Å². The van der Waals surface area contributed by atoms with Gasteiger partial charge in [-0.15, -0.1) is 0 Å². The fourth-order valence-electron chi connectivity index (χ4n) is 1.97. The fraction of sp³-hybridized carbons (Fsp3) is 0.125. The molecule has 3 rings (SSSR count). The lowest BCUT2D eigenvalue weighted by molar-refractivity contribution is 0.381. The molecule has 0 atom stereocenters. The Balaban J connectivity index is 1.60. The molecular weight excluding hydrogens is 286 g/mol. The zero-order valence-electron chi connectivity index (χ0n) is 11.3. The van der Waals surface area contributed by atoms with E-state index in [0.29, 0.717) is 23.2 Å². The molecule has 0 saturated heterocycles. The van der Waals surface area contributed by atoms with Gasteiger partial charge in [-0.05, 0) is 24.3 Å². The Morgan fingerprint density at radius 1 is 1.05 bits per heavy atom. The smallest absolute Gasteiger partial charge is 0.228 e. The van der Waals surface area contributed by atoms with E-state index >= 15 is 0 Å². The standard InChI is InChI=1S/C16H14ClN3O/c17-13-6-4-5-12(11-13)16-19-15(21-20-16)9-10-18-14-7-2-1-3-8-14/h1-8,11,18H,9-10H2. The summed E-state index contributed by atoms with van der Waals surface area (Å²) in [6, 6.07) is 17.4. The van der Waals surface area contributed by atoms with Gasteiger partial charge in [-0.2, -0.15) is 4.98 Å². The van der Waals surface area contributed by atoms with Crippen molar-refractivity contribution < 1.29 is 4.52 Å². The second-order valence-corrected chi connectivity index (χ2v) is 5.00. The summed E-state index contributed by atoms with van der Waals surface area (Å²) in [5.41, 5.74) is 1.93. The summed E-state index contributed by atoms with van der Waals surface area (Å²) in [7, 11) is 0. The van der Waals surface area contributed by atoms with E-state index in [2.05, 4.69) is 15.5 Å². The third-order valence-electron chi connectivity index (χ3n) is 2.99. The summed E-state index contributed by atoms with van der Waals surface area (Å²) >= 11 is 5.96. The highest BCUT2D eigenvalue weighted by Crippen LogP contribution is 2.20. The first-order valence-corrected chi connectivity index (χ1v) is 7.06. The van der Waals surface area contributed by atoms with Gasteiger partial charge >= 0.3 is 0 Å². The minimum Gasteiger partial charge on any atom is -0.385 e. The van der Waals surface area contributed by atoms with Crippen LogP contribution in [0.3, 0.4) is 0 Å². The molecule has 0 fully saturated rings. The molecule has 0 amide bonds. The molecule has 0 aliphatic rings. The highest BCUT2D eigenvalue weighted by Gasteiger charge is 2.08. The second-order valence-electron chi connectivity index (χ2n) is 4.56. The predicted molar refractivity (Wildman–Crippen MR) is 83.4 cm³/mol. The maximum Gasteiger partial charge on any atom is 0.228 e. The lowest BCUT2D eigenvalue weighted by atomic mass is 10.2. The average Bonchev–Trinajstić information content (AvgIpc) is 2.97. The van der Waals surface area contributed by atoms with Crippen LogP contribution in [0.25, 0.3) is 11.4 Å². The topological polar surface area (TPSA) is 51.0 Å². The maximum atomic E-state index is 5.96. The molecule has 1 N–H and O–H groups in total. The fourth-order valence-corrected chi connectivity index (χ4v) is 2.16. The van der Waals surface area contributed by atoms with Crippen molar-refractivity contribution in [3.05, 3.63) is 65.5 Å². The number of hydrogen-bond acceptors (Lipinski definition) is 4. The average molecular weight is 300 g/mol. The number of nitrogens with zero attached hydrogens (tertiary/aromatic N) is 2. The van der Waals surface area contributed by atoms with Crippen molar-refractivity contribution >= 4 is 17.3 Å². The van der Waals surface area contributed by atoms with Gasteiger partial charge < -0.3 is 9.84 Å². The first-order valence-electron chi connectivity index (χ1n) is 6.69. The van der Waals surface area contributed by atoms with E-state index in [0.717, 1.165) is 17.8 Å². The Labute approximate surface area is 127 Å². The molecule has 3 aromatic rings. The maximum absolute atomic E-state index is 5.96. The van der Waals surface area contributed by atoms with E-state index < -0.39 is 0 Å². The molecule has 106 valence electrons. The zero-order chi connectivity index (χ0) is 14.5. The molecule has 0 bridgehead atoms. The molecular formula is C16H14ClN3O. The molecule has 0 saturated carbocycles. The number of rotatable bonds is 5. The molecule has 1 heterocycles. The Morgan fingerprint density at radius 2 is 1.90 bits per heavy atom. The minimum absolute atomic E-state index is 0.562. The van der Waals surface area contributed by atoms with Crippen molar-refractivity contribution in [3.8, 4) is 11.4 Å². The summed E-state index contributed by atoms with van der Waals surface area (Å²) < 4.78 is 5.25. The van der Waals surface area contributed by atoms with Crippen molar-refractivity contribution in [2.75, 3.05) is 11.9 Å². The SMILES string of the molecule is Clc1cccc(-c2noc(CCNc3ccccc3)n2)c1. The van der Waals surface area contributed by atoms with E-state index in [1.807, 2.05) is 54.6 Å². The van der Waals surface area contributed by atoms with Crippen LogP contribution >= 0.6 is 11.6 Å². The normalized spacial score (nSPS) is 10.5. The number of hydrogen-bond donors (Lipinski definition) is 1. The van der Waals surface area contributed by atoms with Crippen LogP contribution in [0.15, 0.2) is 59.1 Å². The van der Waals surface area contributed by atoms with Crippen molar-refractivity contribution in [2.45, 2.75) is 6.42 Å². The highest BCUT2D eigenvalue weighted by atomic mass is 35.5. The Hall–Kier alpha value is -2.33. The van der Waals surface area contributed by atoms with Crippen LogP contribution in [-0.4, -0.2) is 16.7 Å². The van der Waals surface area contributed by atoms with Gasteiger partial charge in [0.05, 0.1) is 0 Å². The van der Waals surface area contributed by atoms with Crippen LogP contribution in [0.5, 0.6) is 0 Å². The van der Waals surface area contributed by atoms with Gasteiger partial charge in [0.15, 0.2) is 0 Å². The Kier molecular flexibility index (Phi) is 4.17. The van der Waals surface area contributed by atoms with Crippen molar-refractivity contribution in [3.63, 3.8) is 0 Å². The third-order valence-corrected chi connectivity index (χ3v) is 3.23. The zero-order valence-corrected chi connectivity index (χ0v) is 12.0. The summed E-state index contributed by atoms with van der Waals surface area (Å²) in [6.07, 6.45) is 0.669. The first-order chi connectivity index (χ1) is 10.3. The number of aromatic nitrogens is 2. The molecule has 0 spiro atoms. The molecule has 0 aliphatic heterocycles. The van der Waals surface area contributed by atoms with Crippen LogP contribution in [0.1, 0.15) is 5.89 Å². The van der Waals surface area contributed by atoms with Gasteiger partial charge in [-0.25, -0.2) is 0 Å². The predicted octanol–water partition coefficient (Wildman–Crippen LogP) is 4.04. The molecule has 4 nitrogen and oxygen atoms in total. The molecule has 0 radical (unpaired) electrons. The summed E-state index contributed by atoms with van der Waals surface area (Å²) in [6.45, 7) is 0.737. The van der Waals surface area contributed by atoms with Crippen molar-refractivity contribution in [1.29, 1.82) is 0 Å². The number of halogens is 1. The molecule has 0 aliphatic carbocycles. The van der Waals surface area contributed by atoms with Crippen molar-refractivity contribution in [2.24, 2.45) is 0 Å². The van der Waals surface area contributed by atoms with Gasteiger partial charge in [0.1, 0.15) is 0 Å². The molecule has 0 unspecified atom stereocenters. The number of para-hydroxylation sites is 1. The number of nitrogens with one attached hydrogen (secondary N) is 1. The summed E-state index contributed by atoms with van der Waals surface area (Å²) in [5.74, 6) is 1.17. The number of anilines is 1. The first kappa shape index (κ1) is 13.6. The van der Waals surface area contributed by atoms with Gasteiger partial charge in [-0.1, -0.05) is 47.1 Å². The Bertz CT molecular complexity index is 712. The van der Waals surface area contributed by atoms with Gasteiger partial charge in [-0.3, -0.25) is 0 Å². The van der Waals surface area contributed by atoms with E-state index in [-0.39, 0.29) is 0 Å². The third kappa shape index (κ3) is 3.61. The highest BCUT2D eigenvalue weighted by molar-refractivity contribution is 6.30. The van der Waals surface area contributed by atoms with E-state index in [4.69, 9.17) is 16.1 Å². The number of benzene rings is 2. The lowest BCUT2D eigenvalue weighted by Gasteiger charge is -2.02. The van der Waals surface area contributed by atoms with Crippen LogP contribution in [-0.2, 0) is 6.42 Å². The van der Waals surface area contributed by atoms with Crippen LogP contribution in [0, 0.1) is 0 Å².